The summed E-state index contributed by atoms with van der Waals surface area (Å²) in [6.45, 7) is 4.31. The third-order valence-corrected chi connectivity index (χ3v) is 3.86. The average molecular weight is 290 g/mol. The van der Waals surface area contributed by atoms with Crippen molar-refractivity contribution in [1.29, 1.82) is 0 Å². The van der Waals surface area contributed by atoms with Crippen molar-refractivity contribution in [2.24, 2.45) is 5.41 Å². The van der Waals surface area contributed by atoms with Crippen LogP contribution in [0.2, 0.25) is 0 Å². The minimum Gasteiger partial charge on any atom is -0.398 e. The van der Waals surface area contributed by atoms with Gasteiger partial charge in [0, 0.05) is 23.3 Å². The zero-order chi connectivity index (χ0) is 15.4. The maximum atomic E-state index is 12.8. The molecule has 0 aliphatic carbocycles. The second-order valence-corrected chi connectivity index (χ2v) is 5.02. The molecule has 0 aliphatic rings. The molecular formula is C14H21F3N2O. The lowest BCUT2D eigenvalue weighted by atomic mass is 9.83. The van der Waals surface area contributed by atoms with Gasteiger partial charge in [0.15, 0.2) is 0 Å². The van der Waals surface area contributed by atoms with Crippen molar-refractivity contribution in [2.45, 2.75) is 32.9 Å². The first-order chi connectivity index (χ1) is 9.28. The molecule has 1 rings (SSSR count). The highest BCUT2D eigenvalue weighted by Gasteiger charge is 2.33. The van der Waals surface area contributed by atoms with E-state index in [0.717, 1.165) is 18.9 Å². The van der Waals surface area contributed by atoms with Gasteiger partial charge < -0.3 is 16.2 Å². The number of hydrogen-bond acceptors (Lipinski definition) is 3. The number of nitrogens with one attached hydrogen (secondary N) is 1. The van der Waals surface area contributed by atoms with Crippen molar-refractivity contribution in [1.82, 2.24) is 0 Å². The first kappa shape index (κ1) is 16.6. The average Bonchev–Trinajstić information content (AvgIpc) is 2.41. The first-order valence-electron chi connectivity index (χ1n) is 6.59. The normalized spacial score (nSPS) is 12.5. The van der Waals surface area contributed by atoms with Crippen molar-refractivity contribution in [2.75, 3.05) is 24.2 Å². The minimum atomic E-state index is -4.47. The molecule has 0 saturated carbocycles. The number of aliphatic hydroxyl groups excluding tert-OH is 1. The van der Waals surface area contributed by atoms with E-state index >= 15 is 0 Å². The summed E-state index contributed by atoms with van der Waals surface area (Å²) in [5.74, 6) is 0. The highest BCUT2D eigenvalue weighted by molar-refractivity contribution is 5.58. The number of rotatable bonds is 6. The van der Waals surface area contributed by atoms with Crippen LogP contribution in [0.5, 0.6) is 0 Å². The summed E-state index contributed by atoms with van der Waals surface area (Å²) in [6.07, 6.45) is -2.98. The van der Waals surface area contributed by atoms with E-state index in [0.29, 0.717) is 12.2 Å². The topological polar surface area (TPSA) is 58.3 Å². The maximum Gasteiger partial charge on any atom is 0.418 e. The molecule has 4 N–H and O–H groups in total. The van der Waals surface area contributed by atoms with Gasteiger partial charge in [-0.15, -0.1) is 0 Å². The van der Waals surface area contributed by atoms with E-state index in [2.05, 4.69) is 5.32 Å². The second-order valence-electron chi connectivity index (χ2n) is 5.02. The van der Waals surface area contributed by atoms with Gasteiger partial charge in [-0.25, -0.2) is 0 Å². The molecule has 0 atom stereocenters. The SMILES string of the molecule is CCC(CC)(CO)CNc1ccc(N)c(C(F)(F)F)c1. The number of benzene rings is 1. The van der Waals surface area contributed by atoms with Crippen molar-refractivity contribution >= 4 is 11.4 Å². The molecule has 114 valence electrons. The highest BCUT2D eigenvalue weighted by atomic mass is 19.4. The number of anilines is 2. The molecule has 0 aliphatic heterocycles. The van der Waals surface area contributed by atoms with E-state index in [-0.39, 0.29) is 17.7 Å². The van der Waals surface area contributed by atoms with Crippen LogP contribution in [-0.4, -0.2) is 18.3 Å². The van der Waals surface area contributed by atoms with Gasteiger partial charge in [0.25, 0.3) is 0 Å². The van der Waals surface area contributed by atoms with E-state index in [1.54, 1.807) is 0 Å². The summed E-state index contributed by atoms with van der Waals surface area (Å²) in [7, 11) is 0. The van der Waals surface area contributed by atoms with E-state index in [1.165, 1.54) is 12.1 Å². The molecule has 6 heteroatoms. The molecule has 0 bridgehead atoms. The number of nitrogen functional groups attached to an aromatic ring is 1. The Labute approximate surface area is 117 Å². The van der Waals surface area contributed by atoms with Crippen LogP contribution in [0, 0.1) is 5.41 Å². The molecule has 0 heterocycles. The van der Waals surface area contributed by atoms with Crippen LogP contribution in [0.3, 0.4) is 0 Å². The van der Waals surface area contributed by atoms with Gasteiger partial charge in [-0.3, -0.25) is 0 Å². The van der Waals surface area contributed by atoms with Crippen molar-refractivity contribution < 1.29 is 18.3 Å². The van der Waals surface area contributed by atoms with Crippen LogP contribution < -0.4 is 11.1 Å². The Morgan fingerprint density at radius 1 is 1.20 bits per heavy atom. The van der Waals surface area contributed by atoms with E-state index in [1.807, 2.05) is 13.8 Å². The van der Waals surface area contributed by atoms with Crippen LogP contribution in [0.25, 0.3) is 0 Å². The minimum absolute atomic E-state index is 0.00585. The molecule has 0 saturated heterocycles. The van der Waals surface area contributed by atoms with Gasteiger partial charge in [0.1, 0.15) is 0 Å². The smallest absolute Gasteiger partial charge is 0.398 e. The van der Waals surface area contributed by atoms with E-state index in [4.69, 9.17) is 5.73 Å². The van der Waals surface area contributed by atoms with Crippen molar-refractivity contribution in [3.8, 4) is 0 Å². The quantitative estimate of drug-likeness (QED) is 0.703. The molecule has 0 spiro atoms. The maximum absolute atomic E-state index is 12.8. The fourth-order valence-corrected chi connectivity index (χ4v) is 1.98. The number of aliphatic hydroxyl groups is 1. The highest BCUT2D eigenvalue weighted by Crippen LogP contribution is 2.35. The Kier molecular flexibility index (Phi) is 5.28. The Bertz CT molecular complexity index is 434. The number of nitrogens with two attached hydrogens (primary N) is 1. The van der Waals surface area contributed by atoms with E-state index < -0.39 is 11.7 Å². The number of alkyl halides is 3. The fraction of sp³-hybridized carbons (Fsp3) is 0.571. The third-order valence-electron chi connectivity index (χ3n) is 3.86. The first-order valence-corrected chi connectivity index (χ1v) is 6.59. The second kappa shape index (κ2) is 6.35. The standard InChI is InChI=1S/C14H21F3N2O/c1-3-13(4-2,9-20)8-19-10-5-6-12(18)11(7-10)14(15,16)17/h5-7,19-20H,3-4,8-9,18H2,1-2H3. The molecular weight excluding hydrogens is 269 g/mol. The number of hydrogen-bond donors (Lipinski definition) is 3. The largest absolute Gasteiger partial charge is 0.418 e. The van der Waals surface area contributed by atoms with E-state index in [9.17, 15) is 18.3 Å². The predicted molar refractivity (Wildman–Crippen MR) is 74.4 cm³/mol. The van der Waals surface area contributed by atoms with Crippen LogP contribution in [-0.2, 0) is 6.18 Å². The summed E-state index contributed by atoms with van der Waals surface area (Å²) >= 11 is 0. The van der Waals surface area contributed by atoms with Crippen molar-refractivity contribution in [3.63, 3.8) is 0 Å². The lowest BCUT2D eigenvalue weighted by molar-refractivity contribution is -0.136. The summed E-state index contributed by atoms with van der Waals surface area (Å²) in [5.41, 5.74) is 4.25. The van der Waals surface area contributed by atoms with Crippen molar-refractivity contribution in [3.05, 3.63) is 23.8 Å². The molecule has 0 radical (unpaired) electrons. The van der Waals surface area contributed by atoms with Gasteiger partial charge in [-0.05, 0) is 31.0 Å². The van der Waals surface area contributed by atoms with Gasteiger partial charge in [-0.1, -0.05) is 13.8 Å². The molecule has 1 aromatic rings. The molecule has 0 fully saturated rings. The summed E-state index contributed by atoms with van der Waals surface area (Å²) in [5, 5.41) is 12.4. The van der Waals surface area contributed by atoms with Crippen LogP contribution in [0.4, 0.5) is 24.5 Å². The Morgan fingerprint density at radius 3 is 2.25 bits per heavy atom. The lowest BCUT2D eigenvalue weighted by Crippen LogP contribution is -2.32. The summed E-state index contributed by atoms with van der Waals surface area (Å²) in [4.78, 5) is 0. The Hall–Kier alpha value is -1.43. The zero-order valence-electron chi connectivity index (χ0n) is 11.7. The van der Waals surface area contributed by atoms with Crippen LogP contribution in [0.1, 0.15) is 32.3 Å². The lowest BCUT2D eigenvalue weighted by Gasteiger charge is -2.30. The predicted octanol–water partition coefficient (Wildman–Crippen LogP) is 3.50. The monoisotopic (exact) mass is 290 g/mol. The zero-order valence-corrected chi connectivity index (χ0v) is 11.7. The Morgan fingerprint density at radius 2 is 1.80 bits per heavy atom. The Balaban J connectivity index is 2.89. The molecule has 1 aromatic carbocycles. The fourth-order valence-electron chi connectivity index (χ4n) is 1.98. The molecule has 3 nitrogen and oxygen atoms in total. The van der Waals surface area contributed by atoms with Crippen LogP contribution >= 0.6 is 0 Å². The number of halogens is 3. The molecule has 20 heavy (non-hydrogen) atoms. The molecule has 0 unspecified atom stereocenters. The molecule has 0 aromatic heterocycles. The summed E-state index contributed by atoms with van der Waals surface area (Å²) in [6, 6.07) is 3.75. The third kappa shape index (κ3) is 3.79. The molecule has 0 amide bonds. The van der Waals surface area contributed by atoms with Gasteiger partial charge in [-0.2, -0.15) is 13.2 Å². The van der Waals surface area contributed by atoms with Gasteiger partial charge in [0.05, 0.1) is 12.2 Å². The van der Waals surface area contributed by atoms with Gasteiger partial charge >= 0.3 is 6.18 Å². The summed E-state index contributed by atoms with van der Waals surface area (Å²) < 4.78 is 38.3. The van der Waals surface area contributed by atoms with Crippen LogP contribution in [0.15, 0.2) is 18.2 Å². The van der Waals surface area contributed by atoms with Gasteiger partial charge in [0.2, 0.25) is 0 Å².